The summed E-state index contributed by atoms with van der Waals surface area (Å²) in [6, 6.07) is 18.5. The monoisotopic (exact) mass is 449 g/mol. The van der Waals surface area contributed by atoms with Crippen LogP contribution < -0.4 is 0 Å². The number of carbonyl (C=O) groups is 1. The first-order chi connectivity index (χ1) is 15.8. The Hall–Kier alpha value is -2.61. The van der Waals surface area contributed by atoms with Gasteiger partial charge in [0, 0.05) is 48.1 Å². The molecule has 0 spiro atoms. The number of hydrogen-bond acceptors (Lipinski definition) is 5. The first kappa shape index (κ1) is 21.2. The van der Waals surface area contributed by atoms with Crippen LogP contribution >= 0.6 is 11.8 Å². The van der Waals surface area contributed by atoms with E-state index in [9.17, 15) is 4.79 Å². The van der Waals surface area contributed by atoms with Crippen LogP contribution in [0.25, 0.3) is 16.9 Å². The van der Waals surface area contributed by atoms with Crippen LogP contribution in [0, 0.1) is 0 Å². The standard InChI is InChI=1S/C25H27N3O3S/c1-30-15-7-12-21-22-23(25(29)27-13-16-31-17-14-27)26-28(18-8-3-2-4-9-18)24(22)19-10-5-6-11-20(19)32-21/h2-6,8-11,21H,7,12-17H2,1H3. The van der Waals surface area contributed by atoms with Crippen molar-refractivity contribution in [3.63, 3.8) is 0 Å². The van der Waals surface area contributed by atoms with Gasteiger partial charge in [0.15, 0.2) is 5.69 Å². The van der Waals surface area contributed by atoms with Gasteiger partial charge in [-0.25, -0.2) is 4.68 Å². The summed E-state index contributed by atoms with van der Waals surface area (Å²) in [6.45, 7) is 3.05. The molecule has 1 unspecified atom stereocenters. The van der Waals surface area contributed by atoms with Crippen molar-refractivity contribution in [3.8, 4) is 16.9 Å². The lowest BCUT2D eigenvalue weighted by Gasteiger charge is -2.28. The molecule has 1 saturated heterocycles. The quantitative estimate of drug-likeness (QED) is 0.516. The fourth-order valence-corrected chi connectivity index (χ4v) is 5.80. The number of ether oxygens (including phenoxy) is 2. The maximum absolute atomic E-state index is 13.7. The minimum absolute atomic E-state index is 0.00375. The number of carbonyl (C=O) groups excluding carboxylic acids is 1. The summed E-state index contributed by atoms with van der Waals surface area (Å²) >= 11 is 1.83. The Morgan fingerprint density at radius 2 is 1.88 bits per heavy atom. The molecule has 166 valence electrons. The molecule has 0 aliphatic carbocycles. The third-order valence-electron chi connectivity index (χ3n) is 5.97. The van der Waals surface area contributed by atoms with Crippen molar-refractivity contribution < 1.29 is 14.3 Å². The molecule has 32 heavy (non-hydrogen) atoms. The summed E-state index contributed by atoms with van der Waals surface area (Å²) < 4.78 is 12.8. The zero-order chi connectivity index (χ0) is 21.9. The van der Waals surface area contributed by atoms with Gasteiger partial charge in [-0.15, -0.1) is 11.8 Å². The number of benzene rings is 2. The van der Waals surface area contributed by atoms with Gasteiger partial charge in [-0.1, -0.05) is 36.4 Å². The lowest BCUT2D eigenvalue weighted by Crippen LogP contribution is -2.41. The second kappa shape index (κ2) is 9.48. The molecule has 6 nitrogen and oxygen atoms in total. The van der Waals surface area contributed by atoms with Crippen molar-refractivity contribution >= 4 is 17.7 Å². The molecule has 1 amide bonds. The Kier molecular flexibility index (Phi) is 6.30. The fraction of sp³-hybridized carbons (Fsp3) is 0.360. The summed E-state index contributed by atoms with van der Waals surface area (Å²) in [5, 5.41) is 5.10. The molecule has 1 aromatic heterocycles. The van der Waals surface area contributed by atoms with E-state index in [1.54, 1.807) is 7.11 Å². The van der Waals surface area contributed by atoms with E-state index in [2.05, 4.69) is 24.3 Å². The van der Waals surface area contributed by atoms with Gasteiger partial charge in [0.1, 0.15) is 0 Å². The molecule has 1 fully saturated rings. The molecule has 7 heteroatoms. The predicted octanol–water partition coefficient (Wildman–Crippen LogP) is 4.59. The minimum atomic E-state index is -0.00375. The summed E-state index contributed by atoms with van der Waals surface area (Å²) in [5.41, 5.74) is 4.74. The Morgan fingerprint density at radius 1 is 1.12 bits per heavy atom. The van der Waals surface area contributed by atoms with Crippen molar-refractivity contribution in [2.24, 2.45) is 0 Å². The Labute approximate surface area is 192 Å². The number of rotatable bonds is 6. The molecule has 2 aliphatic heterocycles. The molecule has 1 atom stereocenters. The lowest BCUT2D eigenvalue weighted by molar-refractivity contribution is 0.0298. The van der Waals surface area contributed by atoms with E-state index in [4.69, 9.17) is 14.6 Å². The molecule has 2 aliphatic rings. The predicted molar refractivity (Wildman–Crippen MR) is 125 cm³/mol. The van der Waals surface area contributed by atoms with E-state index in [0.717, 1.165) is 35.3 Å². The third-order valence-corrected chi connectivity index (χ3v) is 7.34. The van der Waals surface area contributed by atoms with Crippen LogP contribution in [0.3, 0.4) is 0 Å². The van der Waals surface area contributed by atoms with Crippen LogP contribution in [-0.4, -0.2) is 60.6 Å². The van der Waals surface area contributed by atoms with Crippen LogP contribution in [0.15, 0.2) is 59.5 Å². The van der Waals surface area contributed by atoms with E-state index in [-0.39, 0.29) is 11.2 Å². The molecular formula is C25H27N3O3S. The van der Waals surface area contributed by atoms with Gasteiger partial charge in [-0.05, 0) is 31.0 Å². The highest BCUT2D eigenvalue weighted by atomic mass is 32.2. The molecule has 0 saturated carbocycles. The Balaban J connectivity index is 1.68. The molecular weight excluding hydrogens is 422 g/mol. The maximum Gasteiger partial charge on any atom is 0.274 e. The molecule has 0 radical (unpaired) electrons. The number of amides is 1. The summed E-state index contributed by atoms with van der Waals surface area (Å²) in [7, 11) is 1.73. The molecule has 3 heterocycles. The average molecular weight is 450 g/mol. The van der Waals surface area contributed by atoms with E-state index in [0.29, 0.717) is 38.6 Å². The number of methoxy groups -OCH3 is 1. The maximum atomic E-state index is 13.7. The van der Waals surface area contributed by atoms with Crippen LogP contribution in [-0.2, 0) is 9.47 Å². The molecule has 0 bridgehead atoms. The molecule has 5 rings (SSSR count). The number of nitrogens with zero attached hydrogens (tertiary/aromatic N) is 3. The van der Waals surface area contributed by atoms with Crippen LogP contribution in [0.4, 0.5) is 0 Å². The minimum Gasteiger partial charge on any atom is -0.385 e. The first-order valence-corrected chi connectivity index (χ1v) is 12.0. The van der Waals surface area contributed by atoms with E-state index < -0.39 is 0 Å². The summed E-state index contributed by atoms with van der Waals surface area (Å²) in [5.74, 6) is -0.00375. The first-order valence-electron chi connectivity index (χ1n) is 11.1. The topological polar surface area (TPSA) is 56.6 Å². The van der Waals surface area contributed by atoms with Gasteiger partial charge >= 0.3 is 0 Å². The SMILES string of the molecule is COCCCC1Sc2ccccc2-c2c1c(C(=O)N1CCOCC1)nn2-c1ccccc1. The second-order valence-electron chi connectivity index (χ2n) is 8.00. The van der Waals surface area contributed by atoms with Crippen LogP contribution in [0.1, 0.15) is 34.1 Å². The number of thioether (sulfide) groups is 1. The number of hydrogen-bond donors (Lipinski definition) is 0. The number of fused-ring (bicyclic) bond motifs is 3. The van der Waals surface area contributed by atoms with Crippen molar-refractivity contribution in [2.75, 3.05) is 40.0 Å². The fourth-order valence-electron chi connectivity index (χ4n) is 4.42. The Morgan fingerprint density at radius 3 is 2.66 bits per heavy atom. The summed E-state index contributed by atoms with van der Waals surface area (Å²) in [6.07, 6.45) is 1.85. The zero-order valence-corrected chi connectivity index (χ0v) is 19.0. The smallest absolute Gasteiger partial charge is 0.274 e. The Bertz CT molecular complexity index is 1090. The van der Waals surface area contributed by atoms with Crippen molar-refractivity contribution in [3.05, 3.63) is 65.9 Å². The average Bonchev–Trinajstić information content (AvgIpc) is 3.26. The normalized spacial score (nSPS) is 17.7. The summed E-state index contributed by atoms with van der Waals surface area (Å²) in [4.78, 5) is 16.8. The van der Waals surface area contributed by atoms with E-state index in [1.807, 2.05) is 51.7 Å². The van der Waals surface area contributed by atoms with Gasteiger partial charge in [0.25, 0.3) is 5.91 Å². The largest absolute Gasteiger partial charge is 0.385 e. The number of para-hydroxylation sites is 1. The van der Waals surface area contributed by atoms with Gasteiger partial charge < -0.3 is 14.4 Å². The van der Waals surface area contributed by atoms with Gasteiger partial charge in [-0.3, -0.25) is 4.79 Å². The van der Waals surface area contributed by atoms with E-state index >= 15 is 0 Å². The number of aromatic nitrogens is 2. The van der Waals surface area contributed by atoms with Gasteiger partial charge in [-0.2, -0.15) is 5.10 Å². The highest BCUT2D eigenvalue weighted by Gasteiger charge is 2.36. The highest BCUT2D eigenvalue weighted by Crippen LogP contribution is 2.52. The molecule has 2 aromatic carbocycles. The molecule has 0 N–H and O–H groups in total. The van der Waals surface area contributed by atoms with E-state index in [1.165, 1.54) is 4.90 Å². The molecule has 3 aromatic rings. The van der Waals surface area contributed by atoms with Gasteiger partial charge in [0.2, 0.25) is 0 Å². The lowest BCUT2D eigenvalue weighted by atomic mass is 9.98. The van der Waals surface area contributed by atoms with Crippen molar-refractivity contribution in [2.45, 2.75) is 23.0 Å². The van der Waals surface area contributed by atoms with Crippen LogP contribution in [0.2, 0.25) is 0 Å². The van der Waals surface area contributed by atoms with Crippen LogP contribution in [0.5, 0.6) is 0 Å². The zero-order valence-electron chi connectivity index (χ0n) is 18.2. The van der Waals surface area contributed by atoms with Gasteiger partial charge in [0.05, 0.1) is 24.6 Å². The second-order valence-corrected chi connectivity index (χ2v) is 9.25. The third kappa shape index (κ3) is 3.96. The number of morpholine rings is 1. The van der Waals surface area contributed by atoms with Crippen molar-refractivity contribution in [1.29, 1.82) is 0 Å². The highest BCUT2D eigenvalue weighted by molar-refractivity contribution is 7.99. The van der Waals surface area contributed by atoms with Crippen molar-refractivity contribution in [1.82, 2.24) is 14.7 Å².